The zero-order valence-electron chi connectivity index (χ0n) is 16.2. The molecule has 0 aliphatic heterocycles. The van der Waals surface area contributed by atoms with Gasteiger partial charge in [-0.25, -0.2) is 4.79 Å². The molecule has 0 unspecified atom stereocenters. The number of benzene rings is 1. The third-order valence-corrected chi connectivity index (χ3v) is 5.00. The van der Waals surface area contributed by atoms with E-state index in [0.29, 0.717) is 5.56 Å². The van der Waals surface area contributed by atoms with Crippen molar-refractivity contribution in [3.8, 4) is 11.1 Å². The molecule has 0 saturated heterocycles. The fourth-order valence-corrected chi connectivity index (χ4v) is 3.53. The Bertz CT molecular complexity index is 764. The molecule has 3 nitrogen and oxygen atoms in total. The Morgan fingerprint density at radius 2 is 1.62 bits per heavy atom. The first kappa shape index (κ1) is 24.0. The average molecular weight is 443 g/mol. The number of rotatable bonds is 4. The van der Waals surface area contributed by atoms with Gasteiger partial charge in [0.05, 0.1) is 12.7 Å². The molecule has 1 aromatic carbocycles. The molecule has 146 valence electrons. The average Bonchev–Trinajstić information content (AvgIpc) is 3.49. The van der Waals surface area contributed by atoms with Crippen LogP contribution in [0, 0.1) is 63.7 Å². The van der Waals surface area contributed by atoms with Gasteiger partial charge in [-0.2, -0.15) is 0 Å². The van der Waals surface area contributed by atoms with Gasteiger partial charge in [0.1, 0.15) is 0 Å². The minimum absolute atomic E-state index is 0. The quantitative estimate of drug-likeness (QED) is 0.378. The number of thioether (sulfide) groups is 1. The number of nitrogens with zero attached hydrogens (tertiary/aromatic N) is 1. The molecule has 0 bridgehead atoms. The summed E-state index contributed by atoms with van der Waals surface area (Å²) in [5, 5.41) is 0. The molecule has 2 saturated carbocycles. The SMILES string of the molecule is COC(=O)c1c(SC)cc(-c2cccnc2)cc1[C]1[CH][CH][CH][CH]1.[CH]1[CH][CH][CH][CH]1.[Fe+2]. The van der Waals surface area contributed by atoms with E-state index in [2.05, 4.69) is 4.98 Å². The standard InChI is InChI=1S/C19H16NO2S.C5H5.Fe/c1-22-19(21)18-16(13-6-3-4-7-13)10-15(11-17(18)23-2)14-8-5-9-20-12-14;1-2-4-5-3-1;/h3-12H,1-2H3;1-5H;/q;;+2. The van der Waals surface area contributed by atoms with E-state index in [-0.39, 0.29) is 23.0 Å². The van der Waals surface area contributed by atoms with Gasteiger partial charge in [0.15, 0.2) is 0 Å². The molecule has 1 heterocycles. The fraction of sp³-hybridized carbons (Fsp3) is 0.0833. The number of methoxy groups -OCH3 is 1. The van der Waals surface area contributed by atoms with Crippen molar-refractivity contribution < 1.29 is 26.6 Å². The minimum Gasteiger partial charge on any atom is -0.465 e. The summed E-state index contributed by atoms with van der Waals surface area (Å²) in [5.74, 6) is 0.690. The molecular weight excluding hydrogens is 422 g/mol. The first-order valence-corrected chi connectivity index (χ1v) is 10.1. The Hall–Kier alpha value is -1.29. The van der Waals surface area contributed by atoms with Crippen molar-refractivity contribution in [2.75, 3.05) is 13.4 Å². The van der Waals surface area contributed by atoms with Crippen molar-refractivity contribution in [1.82, 2.24) is 4.98 Å². The number of carbonyl (C=O) groups excluding carboxylic acids is 1. The van der Waals surface area contributed by atoms with Gasteiger partial charge in [-0.1, -0.05) is 6.07 Å². The van der Waals surface area contributed by atoms with E-state index in [1.54, 1.807) is 6.20 Å². The Balaban J connectivity index is 0.000000437. The van der Waals surface area contributed by atoms with Gasteiger partial charge in [-0.3, -0.25) is 4.98 Å². The summed E-state index contributed by atoms with van der Waals surface area (Å²) >= 11 is 1.54. The molecule has 4 rings (SSSR count). The maximum absolute atomic E-state index is 12.3. The predicted octanol–water partition coefficient (Wildman–Crippen LogP) is 5.03. The summed E-state index contributed by atoms with van der Waals surface area (Å²) in [5.41, 5.74) is 3.55. The second-order valence-corrected chi connectivity index (χ2v) is 6.82. The summed E-state index contributed by atoms with van der Waals surface area (Å²) in [6.07, 6.45) is 23.5. The molecular formula is C24H21FeNO2S+2. The van der Waals surface area contributed by atoms with E-state index in [1.807, 2.05) is 94.5 Å². The summed E-state index contributed by atoms with van der Waals surface area (Å²) in [6, 6.07) is 7.96. The number of pyridine rings is 1. The van der Waals surface area contributed by atoms with E-state index < -0.39 is 0 Å². The second kappa shape index (κ2) is 12.4. The van der Waals surface area contributed by atoms with E-state index in [0.717, 1.165) is 27.5 Å². The Kier molecular flexibility index (Phi) is 10.3. The molecule has 10 radical (unpaired) electrons. The van der Waals surface area contributed by atoms with Crippen molar-refractivity contribution in [2.24, 2.45) is 0 Å². The molecule has 2 fully saturated rings. The molecule has 0 amide bonds. The van der Waals surface area contributed by atoms with Gasteiger partial charge in [0.2, 0.25) is 0 Å². The molecule has 2 aromatic rings. The van der Waals surface area contributed by atoms with Gasteiger partial charge in [-0.05, 0) is 93.4 Å². The molecule has 0 atom stereocenters. The first-order valence-electron chi connectivity index (χ1n) is 8.84. The van der Waals surface area contributed by atoms with Crippen molar-refractivity contribution in [1.29, 1.82) is 0 Å². The maximum Gasteiger partial charge on any atom is 2.00 e. The monoisotopic (exact) mass is 443 g/mol. The molecule has 1 aromatic heterocycles. The van der Waals surface area contributed by atoms with Crippen LogP contribution in [0.1, 0.15) is 15.9 Å². The van der Waals surface area contributed by atoms with E-state index in [9.17, 15) is 4.79 Å². The van der Waals surface area contributed by atoms with Gasteiger partial charge >= 0.3 is 23.0 Å². The number of hydrogen-bond acceptors (Lipinski definition) is 4. The minimum atomic E-state index is -0.316. The molecule has 2 aliphatic carbocycles. The van der Waals surface area contributed by atoms with Crippen LogP contribution in [0.5, 0.6) is 0 Å². The van der Waals surface area contributed by atoms with Gasteiger partial charge < -0.3 is 4.74 Å². The zero-order valence-corrected chi connectivity index (χ0v) is 18.1. The number of aromatic nitrogens is 1. The Labute approximate surface area is 189 Å². The van der Waals surface area contributed by atoms with Crippen LogP contribution >= 0.6 is 11.8 Å². The van der Waals surface area contributed by atoms with Crippen LogP contribution in [0.2, 0.25) is 0 Å². The van der Waals surface area contributed by atoms with Crippen molar-refractivity contribution in [3.63, 3.8) is 0 Å². The van der Waals surface area contributed by atoms with Crippen LogP contribution in [-0.4, -0.2) is 24.3 Å². The van der Waals surface area contributed by atoms with Crippen molar-refractivity contribution in [2.45, 2.75) is 4.90 Å². The molecule has 0 N–H and O–H groups in total. The normalized spacial score (nSPS) is 15.9. The van der Waals surface area contributed by atoms with Gasteiger partial charge in [-0.15, -0.1) is 11.8 Å². The number of hydrogen-bond donors (Lipinski definition) is 0. The summed E-state index contributed by atoms with van der Waals surface area (Å²) in [7, 11) is 1.41. The topological polar surface area (TPSA) is 39.2 Å². The fourth-order valence-electron chi connectivity index (χ4n) is 2.89. The predicted molar refractivity (Wildman–Crippen MR) is 114 cm³/mol. The van der Waals surface area contributed by atoms with Crippen LogP contribution in [0.3, 0.4) is 0 Å². The van der Waals surface area contributed by atoms with Crippen molar-refractivity contribution >= 4 is 17.7 Å². The van der Waals surface area contributed by atoms with Crippen molar-refractivity contribution in [3.05, 3.63) is 111 Å². The van der Waals surface area contributed by atoms with E-state index in [4.69, 9.17) is 4.74 Å². The first-order chi connectivity index (χ1) is 13.7. The summed E-state index contributed by atoms with van der Waals surface area (Å²) in [4.78, 5) is 17.4. The Morgan fingerprint density at radius 1 is 0.966 bits per heavy atom. The molecule has 0 spiro atoms. The summed E-state index contributed by atoms with van der Waals surface area (Å²) < 4.78 is 5.00. The van der Waals surface area contributed by atoms with E-state index in [1.165, 1.54) is 18.9 Å². The third-order valence-electron chi connectivity index (χ3n) is 4.24. The number of ether oxygens (including phenoxy) is 1. The largest absolute Gasteiger partial charge is 2.00 e. The summed E-state index contributed by atoms with van der Waals surface area (Å²) in [6.45, 7) is 0. The zero-order chi connectivity index (χ0) is 19.8. The van der Waals surface area contributed by atoms with Crippen LogP contribution in [0.4, 0.5) is 0 Å². The smallest absolute Gasteiger partial charge is 0.465 e. The van der Waals surface area contributed by atoms with E-state index >= 15 is 0 Å². The van der Waals surface area contributed by atoms with Gasteiger partial charge in [0.25, 0.3) is 0 Å². The Morgan fingerprint density at radius 3 is 2.14 bits per heavy atom. The van der Waals surface area contributed by atoms with Crippen LogP contribution in [-0.2, 0) is 21.8 Å². The second-order valence-electron chi connectivity index (χ2n) is 5.97. The number of carbonyl (C=O) groups is 1. The van der Waals surface area contributed by atoms with Crippen LogP contribution in [0.25, 0.3) is 11.1 Å². The number of esters is 1. The molecule has 2 aliphatic rings. The third kappa shape index (κ3) is 6.34. The van der Waals surface area contributed by atoms with Crippen LogP contribution in [0.15, 0.2) is 41.6 Å². The molecule has 29 heavy (non-hydrogen) atoms. The van der Waals surface area contributed by atoms with Gasteiger partial charge in [0, 0.05) is 28.8 Å². The molecule has 5 heteroatoms. The van der Waals surface area contributed by atoms with Crippen LogP contribution < -0.4 is 0 Å². The maximum atomic E-state index is 12.3.